The molecule has 0 aliphatic carbocycles. The molecule has 0 aliphatic rings. The van der Waals surface area contributed by atoms with E-state index in [4.69, 9.17) is 11.6 Å². The summed E-state index contributed by atoms with van der Waals surface area (Å²) in [6.07, 6.45) is 5.71. The predicted octanol–water partition coefficient (Wildman–Crippen LogP) is 2.66. The first-order valence-electron chi connectivity index (χ1n) is 4.92. The first-order valence-corrected chi connectivity index (χ1v) is 5.29. The van der Waals surface area contributed by atoms with Crippen molar-refractivity contribution in [1.29, 1.82) is 0 Å². The highest BCUT2D eigenvalue weighted by Crippen LogP contribution is 2.08. The molecule has 0 aromatic rings. The number of ether oxygens (including phenoxy) is 1. The van der Waals surface area contributed by atoms with E-state index in [1.165, 1.54) is 7.11 Å². The Labute approximate surface area is 89.8 Å². The summed E-state index contributed by atoms with van der Waals surface area (Å²) in [6.45, 7) is 0. The minimum atomic E-state index is -0.264. The van der Waals surface area contributed by atoms with Gasteiger partial charge < -0.3 is 4.74 Å². The number of carbonyl (C=O) groups is 2. The number of halogens is 1. The Morgan fingerprint density at radius 2 is 1.50 bits per heavy atom. The lowest BCUT2D eigenvalue weighted by Crippen LogP contribution is -1.99. The molecule has 0 saturated carbocycles. The molecule has 0 aromatic heterocycles. The Hall–Kier alpha value is -0.570. The van der Waals surface area contributed by atoms with E-state index in [0.29, 0.717) is 12.8 Å². The van der Waals surface area contributed by atoms with Crippen LogP contribution in [0.2, 0.25) is 0 Å². The molecule has 0 spiro atoms. The average molecular weight is 221 g/mol. The van der Waals surface area contributed by atoms with E-state index in [0.717, 1.165) is 32.1 Å². The Kier molecular flexibility index (Phi) is 8.64. The van der Waals surface area contributed by atoms with Crippen LogP contribution in [0.5, 0.6) is 0 Å². The van der Waals surface area contributed by atoms with Crippen molar-refractivity contribution >= 4 is 22.8 Å². The maximum absolute atomic E-state index is 10.7. The number of rotatable bonds is 8. The molecule has 4 heteroatoms. The number of hydrogen-bond acceptors (Lipinski definition) is 3. The molecule has 0 saturated heterocycles. The maximum Gasteiger partial charge on any atom is 0.305 e. The van der Waals surface area contributed by atoms with Gasteiger partial charge in [-0.2, -0.15) is 0 Å². The summed E-state index contributed by atoms with van der Waals surface area (Å²) in [7, 11) is 1.40. The summed E-state index contributed by atoms with van der Waals surface area (Å²) in [4.78, 5) is 21.1. The molecule has 0 bridgehead atoms. The van der Waals surface area contributed by atoms with Gasteiger partial charge in [0.1, 0.15) is 0 Å². The monoisotopic (exact) mass is 220 g/mol. The molecule has 0 unspecified atom stereocenters. The lowest BCUT2D eigenvalue weighted by Gasteiger charge is -1.99. The summed E-state index contributed by atoms with van der Waals surface area (Å²) in [5.74, 6) is -0.152. The van der Waals surface area contributed by atoms with Crippen LogP contribution in [0, 0.1) is 0 Å². The largest absolute Gasteiger partial charge is 0.469 e. The van der Waals surface area contributed by atoms with Crippen LogP contribution in [-0.2, 0) is 14.3 Å². The molecule has 0 rings (SSSR count). The zero-order valence-electron chi connectivity index (χ0n) is 8.55. The van der Waals surface area contributed by atoms with Gasteiger partial charge in [0.2, 0.25) is 5.24 Å². The molecule has 0 atom stereocenters. The molecule has 14 heavy (non-hydrogen) atoms. The molecule has 82 valence electrons. The highest BCUT2D eigenvalue weighted by atomic mass is 35.5. The van der Waals surface area contributed by atoms with Crippen LogP contribution in [0.25, 0.3) is 0 Å². The maximum atomic E-state index is 10.7. The van der Waals surface area contributed by atoms with Gasteiger partial charge in [-0.1, -0.05) is 19.3 Å². The SMILES string of the molecule is COC(=O)CCCCCCCC(=O)Cl. The van der Waals surface area contributed by atoms with Crippen molar-refractivity contribution in [2.45, 2.75) is 44.9 Å². The molecule has 0 aromatic carbocycles. The predicted molar refractivity (Wildman–Crippen MR) is 55.2 cm³/mol. The van der Waals surface area contributed by atoms with Crippen molar-refractivity contribution in [2.24, 2.45) is 0 Å². The zero-order chi connectivity index (χ0) is 10.8. The summed E-state index contributed by atoms with van der Waals surface area (Å²) in [5.41, 5.74) is 0. The fourth-order valence-electron chi connectivity index (χ4n) is 1.17. The van der Waals surface area contributed by atoms with Gasteiger partial charge in [-0.25, -0.2) is 0 Å². The van der Waals surface area contributed by atoms with Gasteiger partial charge >= 0.3 is 5.97 Å². The van der Waals surface area contributed by atoms with Crippen molar-refractivity contribution < 1.29 is 14.3 Å². The third-order valence-corrected chi connectivity index (χ3v) is 2.17. The summed E-state index contributed by atoms with van der Waals surface area (Å²) in [6, 6.07) is 0. The molecular formula is C10H17ClO3. The number of esters is 1. The van der Waals surface area contributed by atoms with Gasteiger partial charge in [-0.3, -0.25) is 9.59 Å². The molecule has 3 nitrogen and oxygen atoms in total. The van der Waals surface area contributed by atoms with Crippen LogP contribution >= 0.6 is 11.6 Å². The van der Waals surface area contributed by atoms with E-state index in [2.05, 4.69) is 4.74 Å². The Morgan fingerprint density at radius 1 is 1.00 bits per heavy atom. The van der Waals surface area contributed by atoms with Crippen LogP contribution in [0.1, 0.15) is 44.9 Å². The topological polar surface area (TPSA) is 43.4 Å². The summed E-state index contributed by atoms with van der Waals surface area (Å²) < 4.78 is 4.51. The van der Waals surface area contributed by atoms with Crippen molar-refractivity contribution in [3.05, 3.63) is 0 Å². The third-order valence-electron chi connectivity index (χ3n) is 1.98. The Balaban J connectivity index is 3.06. The fourth-order valence-corrected chi connectivity index (χ4v) is 1.30. The Morgan fingerprint density at radius 3 is 2.00 bits per heavy atom. The molecule has 0 amide bonds. The summed E-state index contributed by atoms with van der Waals surface area (Å²) in [5, 5.41) is -0.264. The van der Waals surface area contributed by atoms with Gasteiger partial charge in [0.25, 0.3) is 0 Å². The van der Waals surface area contributed by atoms with E-state index in [1.54, 1.807) is 0 Å². The van der Waals surface area contributed by atoms with E-state index >= 15 is 0 Å². The summed E-state index contributed by atoms with van der Waals surface area (Å²) >= 11 is 5.18. The van der Waals surface area contributed by atoms with E-state index in [9.17, 15) is 9.59 Å². The first-order chi connectivity index (χ1) is 6.66. The second kappa shape index (κ2) is 9.00. The standard InChI is InChI=1S/C10H17ClO3/c1-14-10(13)8-6-4-2-3-5-7-9(11)12/h2-8H2,1H3. The van der Waals surface area contributed by atoms with E-state index < -0.39 is 0 Å². The number of hydrogen-bond donors (Lipinski definition) is 0. The van der Waals surface area contributed by atoms with Gasteiger partial charge in [-0.05, 0) is 24.4 Å². The van der Waals surface area contributed by atoms with Crippen molar-refractivity contribution in [3.8, 4) is 0 Å². The molecule has 0 N–H and O–H groups in total. The van der Waals surface area contributed by atoms with Crippen molar-refractivity contribution in [1.82, 2.24) is 0 Å². The quantitative estimate of drug-likeness (QED) is 0.359. The highest BCUT2D eigenvalue weighted by molar-refractivity contribution is 6.63. The highest BCUT2D eigenvalue weighted by Gasteiger charge is 1.99. The lowest BCUT2D eigenvalue weighted by atomic mass is 10.1. The molecule has 0 radical (unpaired) electrons. The second-order valence-electron chi connectivity index (χ2n) is 3.20. The smallest absolute Gasteiger partial charge is 0.305 e. The van der Waals surface area contributed by atoms with Crippen molar-refractivity contribution in [2.75, 3.05) is 7.11 Å². The van der Waals surface area contributed by atoms with Gasteiger partial charge in [-0.15, -0.1) is 0 Å². The average Bonchev–Trinajstić information content (AvgIpc) is 2.15. The minimum Gasteiger partial charge on any atom is -0.469 e. The van der Waals surface area contributed by atoms with E-state index in [-0.39, 0.29) is 11.2 Å². The van der Waals surface area contributed by atoms with Gasteiger partial charge in [0, 0.05) is 12.8 Å². The second-order valence-corrected chi connectivity index (χ2v) is 3.62. The van der Waals surface area contributed by atoms with Crippen LogP contribution in [0.4, 0.5) is 0 Å². The lowest BCUT2D eigenvalue weighted by molar-refractivity contribution is -0.140. The van der Waals surface area contributed by atoms with Crippen molar-refractivity contribution in [3.63, 3.8) is 0 Å². The minimum absolute atomic E-state index is 0.152. The third kappa shape index (κ3) is 9.52. The number of carbonyl (C=O) groups excluding carboxylic acids is 2. The van der Waals surface area contributed by atoms with E-state index in [1.807, 2.05) is 0 Å². The molecule has 0 fully saturated rings. The molecule has 0 heterocycles. The van der Waals surface area contributed by atoms with Crippen LogP contribution in [0.3, 0.4) is 0 Å². The van der Waals surface area contributed by atoms with Crippen LogP contribution in [0.15, 0.2) is 0 Å². The molecule has 0 aliphatic heterocycles. The Bertz CT molecular complexity index is 180. The molecular weight excluding hydrogens is 204 g/mol. The first kappa shape index (κ1) is 13.4. The van der Waals surface area contributed by atoms with Crippen LogP contribution in [-0.4, -0.2) is 18.3 Å². The normalized spacial score (nSPS) is 9.86. The number of methoxy groups -OCH3 is 1. The fraction of sp³-hybridized carbons (Fsp3) is 0.800. The van der Waals surface area contributed by atoms with Gasteiger partial charge in [0.05, 0.1) is 7.11 Å². The number of unbranched alkanes of at least 4 members (excludes halogenated alkanes) is 4. The zero-order valence-corrected chi connectivity index (χ0v) is 9.31. The van der Waals surface area contributed by atoms with Crippen LogP contribution < -0.4 is 0 Å². The van der Waals surface area contributed by atoms with Gasteiger partial charge in [0.15, 0.2) is 0 Å².